The minimum atomic E-state index is -1.10. The predicted molar refractivity (Wildman–Crippen MR) is 183 cm³/mol. The molecule has 1 saturated heterocycles. The van der Waals surface area contributed by atoms with Crippen molar-refractivity contribution in [3.8, 4) is 0 Å². The smallest absolute Gasteiger partial charge is 0.409 e. The molecule has 1 aliphatic heterocycles. The van der Waals surface area contributed by atoms with E-state index in [9.17, 15) is 19.7 Å². The Morgan fingerprint density at radius 3 is 1.91 bits per heavy atom. The Kier molecular flexibility index (Phi) is 9.69. The monoisotopic (exact) mass is 651 g/mol. The summed E-state index contributed by atoms with van der Waals surface area (Å²) in [4.78, 5) is 38.0. The average Bonchev–Trinajstić information content (AvgIpc) is 3.05. The summed E-state index contributed by atoms with van der Waals surface area (Å²) in [6.45, 7) is 8.40. The number of benzene rings is 4. The molecule has 0 bridgehead atoms. The molecule has 10 heteroatoms. The molecule has 0 aliphatic carbocycles. The summed E-state index contributed by atoms with van der Waals surface area (Å²) >= 11 is 1.52. The molecule has 4 aromatic rings. The Hall–Kier alpha value is -4.41. The summed E-state index contributed by atoms with van der Waals surface area (Å²) in [5.41, 5.74) is 3.44. The second kappa shape index (κ2) is 13.5. The lowest BCUT2D eigenvalue weighted by atomic mass is 9.84. The van der Waals surface area contributed by atoms with E-state index in [1.54, 1.807) is 12.1 Å². The van der Waals surface area contributed by atoms with Gasteiger partial charge in [0.15, 0.2) is 0 Å². The number of ether oxygens (including phenoxy) is 1. The second-order valence-electron chi connectivity index (χ2n) is 12.4. The van der Waals surface area contributed by atoms with Crippen molar-refractivity contribution >= 4 is 39.0 Å². The first-order valence-electron chi connectivity index (χ1n) is 15.1. The Balaban J connectivity index is 1.54. The predicted octanol–water partition coefficient (Wildman–Crippen LogP) is 7.26. The van der Waals surface area contributed by atoms with Gasteiger partial charge < -0.3 is 15.4 Å². The summed E-state index contributed by atoms with van der Waals surface area (Å²) in [5, 5.41) is 15.6. The molecule has 0 saturated carbocycles. The van der Waals surface area contributed by atoms with E-state index < -0.39 is 26.3 Å². The van der Waals surface area contributed by atoms with Crippen LogP contribution >= 0.6 is 11.8 Å². The minimum Gasteiger partial charge on any atom is -0.445 e. The molecule has 1 heterocycles. The van der Waals surface area contributed by atoms with E-state index in [4.69, 9.17) is 4.74 Å². The molecule has 1 fully saturated rings. The molecule has 46 heavy (non-hydrogen) atoms. The first-order chi connectivity index (χ1) is 21.9. The van der Waals surface area contributed by atoms with Gasteiger partial charge in [0.05, 0.1) is 9.67 Å². The number of non-ortho nitro benzene ring substituents is 1. The number of nitrogens with zero attached hydrogens (tertiary/aromatic N) is 1. The van der Waals surface area contributed by atoms with Crippen molar-refractivity contribution in [2.45, 2.75) is 55.1 Å². The fraction of sp³-hybridized carbons (Fsp3) is 0.278. The number of β-lactam (4-membered cyclic amide) rings is 1. The third-order valence-electron chi connectivity index (χ3n) is 8.32. The molecule has 2 N–H and O–H groups in total. The third-order valence-corrected chi connectivity index (χ3v) is 12.7. The molecule has 8 nitrogen and oxygen atoms in total. The molecule has 2 radical (unpaired) electrons. The van der Waals surface area contributed by atoms with Gasteiger partial charge in [0.25, 0.3) is 5.69 Å². The van der Waals surface area contributed by atoms with Crippen LogP contribution in [0.5, 0.6) is 0 Å². The molecule has 0 spiro atoms. The fourth-order valence-corrected chi connectivity index (χ4v) is 9.17. The molecular weight excluding hydrogens is 615 g/mol. The number of nitro benzene ring substituents is 1. The lowest BCUT2D eigenvalue weighted by molar-refractivity contribution is -0.384. The van der Waals surface area contributed by atoms with Crippen LogP contribution in [0.3, 0.4) is 0 Å². The Labute approximate surface area is 276 Å². The first-order valence-corrected chi connectivity index (χ1v) is 17.0. The Morgan fingerprint density at radius 1 is 0.935 bits per heavy atom. The van der Waals surface area contributed by atoms with Crippen molar-refractivity contribution < 1.29 is 19.2 Å². The van der Waals surface area contributed by atoms with Gasteiger partial charge in [-0.15, -0.1) is 11.8 Å². The van der Waals surface area contributed by atoms with Crippen molar-refractivity contribution in [1.29, 1.82) is 0 Å². The van der Waals surface area contributed by atoms with E-state index in [1.165, 1.54) is 23.9 Å². The summed E-state index contributed by atoms with van der Waals surface area (Å²) in [6.07, 6.45) is -0.713. The van der Waals surface area contributed by atoms with E-state index in [0.29, 0.717) is 5.56 Å². The van der Waals surface area contributed by atoms with Gasteiger partial charge in [-0.3, -0.25) is 14.9 Å². The van der Waals surface area contributed by atoms with Crippen LogP contribution in [0.25, 0.3) is 0 Å². The van der Waals surface area contributed by atoms with Crippen molar-refractivity contribution in [3.63, 3.8) is 0 Å². The van der Waals surface area contributed by atoms with E-state index in [2.05, 4.69) is 74.7 Å². The Bertz CT molecular complexity index is 1590. The zero-order valence-electron chi connectivity index (χ0n) is 26.2. The maximum absolute atomic E-state index is 13.7. The highest BCUT2D eigenvalue weighted by atomic mass is 32.2. The zero-order valence-corrected chi connectivity index (χ0v) is 28.0. The molecule has 236 valence electrons. The van der Waals surface area contributed by atoms with Gasteiger partial charge in [-0.25, -0.2) is 4.79 Å². The van der Waals surface area contributed by atoms with Crippen LogP contribution in [0.15, 0.2) is 115 Å². The third kappa shape index (κ3) is 6.88. The van der Waals surface area contributed by atoms with Gasteiger partial charge in [0.1, 0.15) is 26.7 Å². The van der Waals surface area contributed by atoms with Crippen LogP contribution in [-0.4, -0.2) is 37.0 Å². The quantitative estimate of drug-likeness (QED) is 0.0581. The summed E-state index contributed by atoms with van der Waals surface area (Å²) in [7, 11) is 0.118. The molecule has 1 aliphatic rings. The van der Waals surface area contributed by atoms with Crippen LogP contribution in [0.1, 0.15) is 49.9 Å². The fourth-order valence-electron chi connectivity index (χ4n) is 5.39. The Morgan fingerprint density at radius 2 is 1.46 bits per heavy atom. The number of carbonyl (C=O) groups is 2. The van der Waals surface area contributed by atoms with Crippen LogP contribution < -0.4 is 10.6 Å². The number of amides is 2. The average molecular weight is 652 g/mol. The maximum Gasteiger partial charge on any atom is 0.409 e. The van der Waals surface area contributed by atoms with Crippen LogP contribution in [0, 0.1) is 15.5 Å². The number of thioether (sulfide) groups is 1. The van der Waals surface area contributed by atoms with Crippen LogP contribution in [0.4, 0.5) is 10.5 Å². The van der Waals surface area contributed by atoms with Gasteiger partial charge in [-0.2, -0.15) is 0 Å². The van der Waals surface area contributed by atoms with Gasteiger partial charge in [-0.05, 0) is 33.2 Å². The van der Waals surface area contributed by atoms with E-state index in [0.717, 1.165) is 16.7 Å². The van der Waals surface area contributed by atoms with Crippen LogP contribution in [-0.2, 0) is 20.9 Å². The van der Waals surface area contributed by atoms with E-state index in [1.807, 2.05) is 54.6 Å². The molecule has 3 atom stereocenters. The molecule has 4 aromatic carbocycles. The standard InChI is InChI=1S/C36H37N3O5SSi/c1-25(34(2,3)4)46-36(38-33(41)44-24-26-15-14-22-30(23-26)39(42)43)31(32(40)37-36)45-35(27-16-8-5-9-17-27,28-18-10-6-11-19-28)29-20-12-7-13-21-29/h5-23,25,31H,24H2,1-4H3,(H,37,40)(H,38,41). The number of alkyl carbamates (subject to hydrolysis) is 1. The zero-order chi connectivity index (χ0) is 33.0. The van der Waals surface area contributed by atoms with Crippen molar-refractivity contribution in [1.82, 2.24) is 10.6 Å². The highest BCUT2D eigenvalue weighted by Crippen LogP contribution is 2.53. The van der Waals surface area contributed by atoms with Crippen molar-refractivity contribution in [2.24, 2.45) is 5.41 Å². The summed E-state index contributed by atoms with van der Waals surface area (Å²) in [5.74, 6) is -0.176. The van der Waals surface area contributed by atoms with Gasteiger partial charge in [-0.1, -0.05) is 131 Å². The summed E-state index contributed by atoms with van der Waals surface area (Å²) < 4.78 is 4.81. The van der Waals surface area contributed by atoms with Crippen molar-refractivity contribution in [2.75, 3.05) is 0 Å². The first kappa shape index (κ1) is 33.0. The highest BCUT2D eigenvalue weighted by molar-refractivity contribution is 8.02. The molecule has 3 unspecified atom stereocenters. The SMILES string of the molecule is CC([Si]C1(NC(=O)OCc2cccc([N+](=O)[O-])c2)NC(=O)C1SC(c1ccccc1)(c1ccccc1)c1ccccc1)C(C)(C)C. The van der Waals surface area contributed by atoms with Gasteiger partial charge in [0, 0.05) is 12.1 Å². The molecule has 5 rings (SSSR count). The largest absolute Gasteiger partial charge is 0.445 e. The minimum absolute atomic E-state index is 0.0831. The number of hydrogen-bond donors (Lipinski definition) is 2. The number of nitro groups is 1. The number of nitrogens with one attached hydrogen (secondary N) is 2. The van der Waals surface area contributed by atoms with Crippen LogP contribution in [0.2, 0.25) is 5.54 Å². The molecule has 0 aromatic heterocycles. The lowest BCUT2D eigenvalue weighted by Gasteiger charge is -2.53. The van der Waals surface area contributed by atoms with E-state index >= 15 is 0 Å². The number of hydrogen-bond acceptors (Lipinski definition) is 6. The maximum atomic E-state index is 13.7. The van der Waals surface area contributed by atoms with E-state index in [-0.39, 0.29) is 38.7 Å². The second-order valence-corrected chi connectivity index (χ2v) is 15.7. The summed E-state index contributed by atoms with van der Waals surface area (Å²) in [6, 6.07) is 36.3. The van der Waals surface area contributed by atoms with Crippen molar-refractivity contribution in [3.05, 3.63) is 148 Å². The molecular formula is C36H37N3O5SSi. The molecule has 2 amide bonds. The van der Waals surface area contributed by atoms with Gasteiger partial charge >= 0.3 is 6.09 Å². The highest BCUT2D eigenvalue weighted by Gasteiger charge is 2.59. The topological polar surface area (TPSA) is 111 Å². The van der Waals surface area contributed by atoms with Gasteiger partial charge in [0.2, 0.25) is 5.91 Å². The normalized spacial score (nSPS) is 18.5. The number of rotatable bonds is 11. The lowest BCUT2D eigenvalue weighted by Crippen LogP contribution is -2.82. The number of carbonyl (C=O) groups excluding carboxylic acids is 2.